The van der Waals surface area contributed by atoms with Gasteiger partial charge in [-0.15, -0.1) is 11.3 Å². The molecule has 0 amide bonds. The van der Waals surface area contributed by atoms with Crippen molar-refractivity contribution < 1.29 is 9.31 Å². The second kappa shape index (κ2) is 4.41. The Hall–Kier alpha value is -1.18. The Kier molecular flexibility index (Phi) is 3.04. The van der Waals surface area contributed by atoms with Crippen LogP contribution in [0, 0.1) is 6.92 Å². The molecule has 0 aliphatic carbocycles. The summed E-state index contributed by atoms with van der Waals surface area (Å²) >= 11 is 1.56. The Balaban J connectivity index is 1.85. The van der Waals surface area contributed by atoms with Crippen LogP contribution in [0.25, 0.3) is 5.13 Å². The SMILES string of the molecule is Cc1cn(-c2ncc(B3OC(C)(C)C(C)(C)O3)s2)cn1. The van der Waals surface area contributed by atoms with Gasteiger partial charge in [0.2, 0.25) is 0 Å². The molecule has 20 heavy (non-hydrogen) atoms. The predicted molar refractivity (Wildman–Crippen MR) is 79.7 cm³/mol. The number of thiazole rings is 1. The highest BCUT2D eigenvalue weighted by Gasteiger charge is 2.52. The van der Waals surface area contributed by atoms with Crippen molar-refractivity contribution in [2.24, 2.45) is 0 Å². The first-order chi connectivity index (χ1) is 9.28. The molecule has 0 atom stereocenters. The zero-order chi connectivity index (χ0) is 14.5. The number of hydrogen-bond donors (Lipinski definition) is 0. The van der Waals surface area contributed by atoms with Crippen LogP contribution in [0.4, 0.5) is 0 Å². The average molecular weight is 291 g/mol. The van der Waals surface area contributed by atoms with Crippen molar-refractivity contribution in [2.75, 3.05) is 0 Å². The molecule has 3 heterocycles. The van der Waals surface area contributed by atoms with E-state index in [0.717, 1.165) is 15.6 Å². The van der Waals surface area contributed by atoms with E-state index in [9.17, 15) is 0 Å². The van der Waals surface area contributed by atoms with Crippen molar-refractivity contribution >= 4 is 23.2 Å². The molecule has 0 spiro atoms. The number of aryl methyl sites for hydroxylation is 1. The minimum Gasteiger partial charge on any atom is -0.399 e. The zero-order valence-electron chi connectivity index (χ0n) is 12.4. The molecule has 106 valence electrons. The summed E-state index contributed by atoms with van der Waals surface area (Å²) in [5, 5.41) is 0.871. The van der Waals surface area contributed by atoms with Gasteiger partial charge in [0.25, 0.3) is 0 Å². The summed E-state index contributed by atoms with van der Waals surface area (Å²) in [6.07, 6.45) is 5.53. The molecular weight excluding hydrogens is 273 g/mol. The molecule has 0 radical (unpaired) electrons. The smallest absolute Gasteiger partial charge is 0.399 e. The van der Waals surface area contributed by atoms with Crippen LogP contribution < -0.4 is 4.78 Å². The lowest BCUT2D eigenvalue weighted by Gasteiger charge is -2.32. The molecule has 1 aliphatic rings. The Morgan fingerprint density at radius 3 is 2.35 bits per heavy atom. The summed E-state index contributed by atoms with van der Waals surface area (Å²) in [6, 6.07) is 0. The molecule has 1 fully saturated rings. The molecule has 7 heteroatoms. The van der Waals surface area contributed by atoms with Gasteiger partial charge in [0.15, 0.2) is 5.13 Å². The third-order valence-corrected chi connectivity index (χ3v) is 4.96. The lowest BCUT2D eigenvalue weighted by atomic mass is 9.89. The molecular formula is C13H18BN3O2S. The molecule has 0 saturated carbocycles. The first-order valence-corrected chi connectivity index (χ1v) is 7.42. The highest BCUT2D eigenvalue weighted by Crippen LogP contribution is 2.36. The van der Waals surface area contributed by atoms with E-state index in [1.807, 2.05) is 51.6 Å². The average Bonchev–Trinajstić information content (AvgIpc) is 2.98. The second-order valence-electron chi connectivity index (χ2n) is 6.06. The highest BCUT2D eigenvalue weighted by atomic mass is 32.1. The molecule has 0 unspecified atom stereocenters. The molecule has 2 aromatic rings. The van der Waals surface area contributed by atoms with Gasteiger partial charge in [-0.3, -0.25) is 4.57 Å². The standard InChI is InChI=1S/C13H18BN3O2S/c1-9-7-17(8-16-9)11-15-6-10(20-11)14-18-12(2,3)13(4,5)19-14/h6-8H,1-5H3. The monoisotopic (exact) mass is 291 g/mol. The molecule has 0 aromatic carbocycles. The quantitative estimate of drug-likeness (QED) is 0.793. The van der Waals surface area contributed by atoms with Crippen LogP contribution in [0.5, 0.6) is 0 Å². The van der Waals surface area contributed by atoms with E-state index in [4.69, 9.17) is 9.31 Å². The molecule has 0 N–H and O–H groups in total. The zero-order valence-corrected chi connectivity index (χ0v) is 13.2. The Labute approximate surface area is 123 Å². The molecule has 2 aromatic heterocycles. The van der Waals surface area contributed by atoms with Crippen LogP contribution in [-0.2, 0) is 9.31 Å². The van der Waals surface area contributed by atoms with Crippen LogP contribution in [0.2, 0.25) is 0 Å². The van der Waals surface area contributed by atoms with Crippen molar-refractivity contribution in [1.29, 1.82) is 0 Å². The lowest BCUT2D eigenvalue weighted by Crippen LogP contribution is -2.41. The summed E-state index contributed by atoms with van der Waals surface area (Å²) in [5.41, 5.74) is 0.318. The lowest BCUT2D eigenvalue weighted by molar-refractivity contribution is 0.00578. The van der Waals surface area contributed by atoms with Gasteiger partial charge in [0, 0.05) is 12.4 Å². The summed E-state index contributed by atoms with van der Waals surface area (Å²) in [7, 11) is -0.351. The van der Waals surface area contributed by atoms with E-state index < -0.39 is 0 Å². The van der Waals surface area contributed by atoms with Gasteiger partial charge in [-0.05, 0) is 34.6 Å². The molecule has 3 rings (SSSR count). The van der Waals surface area contributed by atoms with Crippen LogP contribution in [0.15, 0.2) is 18.7 Å². The molecule has 0 bridgehead atoms. The van der Waals surface area contributed by atoms with E-state index in [2.05, 4.69) is 9.97 Å². The first-order valence-electron chi connectivity index (χ1n) is 6.61. The van der Waals surface area contributed by atoms with Gasteiger partial charge in [0.1, 0.15) is 6.33 Å². The van der Waals surface area contributed by atoms with Gasteiger partial charge < -0.3 is 9.31 Å². The van der Waals surface area contributed by atoms with Crippen LogP contribution in [0.3, 0.4) is 0 Å². The van der Waals surface area contributed by atoms with E-state index in [-0.39, 0.29) is 18.3 Å². The van der Waals surface area contributed by atoms with Crippen LogP contribution >= 0.6 is 11.3 Å². The van der Waals surface area contributed by atoms with Crippen molar-refractivity contribution in [3.8, 4) is 5.13 Å². The Bertz CT molecular complexity index is 619. The summed E-state index contributed by atoms with van der Waals surface area (Å²) in [4.78, 5) is 8.63. The predicted octanol–water partition coefficient (Wildman–Crippen LogP) is 1.94. The largest absolute Gasteiger partial charge is 0.507 e. The van der Waals surface area contributed by atoms with E-state index >= 15 is 0 Å². The van der Waals surface area contributed by atoms with Gasteiger partial charge >= 0.3 is 7.12 Å². The fourth-order valence-corrected chi connectivity index (χ4v) is 2.81. The maximum Gasteiger partial charge on any atom is 0.507 e. The minimum atomic E-state index is -0.351. The normalized spacial score (nSPS) is 20.6. The number of imidazole rings is 1. The Morgan fingerprint density at radius 2 is 1.80 bits per heavy atom. The highest BCUT2D eigenvalue weighted by molar-refractivity contribution is 7.24. The third-order valence-electron chi connectivity index (χ3n) is 3.93. The first kappa shape index (κ1) is 13.8. The topological polar surface area (TPSA) is 49.2 Å². The summed E-state index contributed by atoms with van der Waals surface area (Å²) in [5.74, 6) is 0. The summed E-state index contributed by atoms with van der Waals surface area (Å²) in [6.45, 7) is 10.2. The second-order valence-corrected chi connectivity index (χ2v) is 7.10. The van der Waals surface area contributed by atoms with Crippen LogP contribution in [-0.4, -0.2) is 32.9 Å². The van der Waals surface area contributed by atoms with Gasteiger partial charge in [-0.2, -0.15) is 0 Å². The van der Waals surface area contributed by atoms with Crippen molar-refractivity contribution in [2.45, 2.75) is 45.8 Å². The van der Waals surface area contributed by atoms with Crippen LogP contribution in [0.1, 0.15) is 33.4 Å². The Morgan fingerprint density at radius 1 is 1.15 bits per heavy atom. The fraction of sp³-hybridized carbons (Fsp3) is 0.538. The maximum absolute atomic E-state index is 6.03. The number of rotatable bonds is 2. The van der Waals surface area contributed by atoms with Gasteiger partial charge in [-0.25, -0.2) is 9.97 Å². The maximum atomic E-state index is 6.03. The molecule has 5 nitrogen and oxygen atoms in total. The van der Waals surface area contributed by atoms with Gasteiger partial charge in [-0.1, -0.05) is 0 Å². The van der Waals surface area contributed by atoms with E-state index in [1.54, 1.807) is 17.7 Å². The minimum absolute atomic E-state index is 0.326. The van der Waals surface area contributed by atoms with E-state index in [1.165, 1.54) is 0 Å². The number of hydrogen-bond acceptors (Lipinski definition) is 5. The van der Waals surface area contributed by atoms with Crippen molar-refractivity contribution in [3.63, 3.8) is 0 Å². The number of nitrogens with zero attached hydrogens (tertiary/aromatic N) is 3. The molecule has 1 saturated heterocycles. The fourth-order valence-electron chi connectivity index (χ4n) is 1.99. The molecule has 1 aliphatic heterocycles. The van der Waals surface area contributed by atoms with Gasteiger partial charge in [0.05, 0.1) is 21.7 Å². The van der Waals surface area contributed by atoms with Crippen molar-refractivity contribution in [3.05, 3.63) is 24.4 Å². The third kappa shape index (κ3) is 2.19. The van der Waals surface area contributed by atoms with E-state index in [0.29, 0.717) is 0 Å². The number of aromatic nitrogens is 3. The summed E-state index contributed by atoms with van der Waals surface area (Å²) < 4.78 is 14.9. The van der Waals surface area contributed by atoms with Crippen molar-refractivity contribution in [1.82, 2.24) is 14.5 Å².